The Morgan fingerprint density at radius 3 is 2.74 bits per heavy atom. The van der Waals surface area contributed by atoms with Crippen molar-refractivity contribution in [3.8, 4) is 0 Å². The quantitative estimate of drug-likeness (QED) is 0.906. The smallest absolute Gasteiger partial charge is 0.322 e. The number of benzene rings is 1. The first-order chi connectivity index (χ1) is 9.16. The number of carbonyl (C=O) groups is 1. The van der Waals surface area contributed by atoms with Gasteiger partial charge in [-0.3, -0.25) is 4.90 Å². The second-order valence-electron chi connectivity index (χ2n) is 5.19. The molecule has 1 aliphatic heterocycles. The molecule has 0 spiro atoms. The first kappa shape index (κ1) is 13.9. The summed E-state index contributed by atoms with van der Waals surface area (Å²) in [5.41, 5.74) is 0.913. The lowest BCUT2D eigenvalue weighted by Gasteiger charge is -2.26. The third-order valence-electron chi connectivity index (χ3n) is 3.14. The van der Waals surface area contributed by atoms with Crippen LogP contribution in [0.5, 0.6) is 0 Å². The van der Waals surface area contributed by atoms with Crippen LogP contribution in [-0.4, -0.2) is 31.3 Å². The van der Waals surface area contributed by atoms with E-state index in [9.17, 15) is 4.79 Å². The van der Waals surface area contributed by atoms with E-state index in [1.165, 1.54) is 0 Å². The average molecular weight is 262 g/mol. The average Bonchev–Trinajstić information content (AvgIpc) is 2.89. The molecular formula is C15H22N2O2. The molecule has 104 valence electrons. The Labute approximate surface area is 114 Å². The van der Waals surface area contributed by atoms with E-state index in [0.29, 0.717) is 6.54 Å². The van der Waals surface area contributed by atoms with Gasteiger partial charge in [-0.25, -0.2) is 4.79 Å². The number of hydrogen-bond donors (Lipinski definition) is 1. The van der Waals surface area contributed by atoms with Crippen molar-refractivity contribution in [1.82, 2.24) is 5.32 Å². The second-order valence-corrected chi connectivity index (χ2v) is 5.19. The van der Waals surface area contributed by atoms with E-state index in [4.69, 9.17) is 4.74 Å². The highest BCUT2D eigenvalue weighted by Gasteiger charge is 2.23. The van der Waals surface area contributed by atoms with Gasteiger partial charge in [-0.1, -0.05) is 18.2 Å². The zero-order valence-electron chi connectivity index (χ0n) is 11.6. The van der Waals surface area contributed by atoms with Crippen molar-refractivity contribution in [1.29, 1.82) is 0 Å². The summed E-state index contributed by atoms with van der Waals surface area (Å²) in [4.78, 5) is 14.1. The van der Waals surface area contributed by atoms with Gasteiger partial charge in [-0.15, -0.1) is 0 Å². The molecule has 1 atom stereocenters. The number of carbonyl (C=O) groups excluding carboxylic acids is 1. The first-order valence-corrected chi connectivity index (χ1v) is 6.91. The Bertz CT molecular complexity index is 400. The standard InChI is InChI=1S/C15H22N2O2/c1-12(2)16-15(18)17(11-14-9-6-10-19-14)13-7-4-3-5-8-13/h3-5,7-8,12,14H,6,9-11H2,1-2H3,(H,16,18). The number of hydrogen-bond acceptors (Lipinski definition) is 2. The van der Waals surface area contributed by atoms with Crippen LogP contribution in [0.25, 0.3) is 0 Å². The molecule has 0 saturated carbocycles. The van der Waals surface area contributed by atoms with E-state index >= 15 is 0 Å². The van der Waals surface area contributed by atoms with Gasteiger partial charge >= 0.3 is 6.03 Å². The summed E-state index contributed by atoms with van der Waals surface area (Å²) in [6.07, 6.45) is 2.26. The number of rotatable bonds is 4. The molecule has 2 amide bonds. The van der Waals surface area contributed by atoms with E-state index in [1.807, 2.05) is 44.2 Å². The Kier molecular flexibility index (Phi) is 4.80. The van der Waals surface area contributed by atoms with Crippen molar-refractivity contribution in [2.75, 3.05) is 18.1 Å². The number of urea groups is 1. The summed E-state index contributed by atoms with van der Waals surface area (Å²) in [5.74, 6) is 0. The third kappa shape index (κ3) is 3.96. The largest absolute Gasteiger partial charge is 0.376 e. The fourth-order valence-electron chi connectivity index (χ4n) is 2.23. The molecule has 2 rings (SSSR count). The highest BCUT2D eigenvalue weighted by molar-refractivity contribution is 5.92. The number of amides is 2. The monoisotopic (exact) mass is 262 g/mol. The molecule has 4 heteroatoms. The van der Waals surface area contributed by atoms with Crippen LogP contribution in [0.15, 0.2) is 30.3 Å². The third-order valence-corrected chi connectivity index (χ3v) is 3.14. The molecule has 1 aliphatic rings. The topological polar surface area (TPSA) is 41.6 Å². The van der Waals surface area contributed by atoms with Crippen LogP contribution in [0.1, 0.15) is 26.7 Å². The SMILES string of the molecule is CC(C)NC(=O)N(CC1CCCO1)c1ccccc1. The summed E-state index contributed by atoms with van der Waals surface area (Å²) >= 11 is 0. The van der Waals surface area contributed by atoms with E-state index in [2.05, 4.69) is 5.32 Å². The van der Waals surface area contributed by atoms with Crippen molar-refractivity contribution < 1.29 is 9.53 Å². The molecule has 1 heterocycles. The Morgan fingerprint density at radius 2 is 2.16 bits per heavy atom. The summed E-state index contributed by atoms with van der Waals surface area (Å²) in [6, 6.07) is 9.82. The minimum absolute atomic E-state index is 0.0586. The van der Waals surface area contributed by atoms with Crippen LogP contribution in [0.2, 0.25) is 0 Å². The molecular weight excluding hydrogens is 240 g/mol. The van der Waals surface area contributed by atoms with Gasteiger partial charge in [0.15, 0.2) is 0 Å². The Balaban J connectivity index is 2.10. The van der Waals surface area contributed by atoms with Crippen molar-refractivity contribution in [2.24, 2.45) is 0 Å². The highest BCUT2D eigenvalue weighted by atomic mass is 16.5. The number of ether oxygens (including phenoxy) is 1. The molecule has 1 aromatic carbocycles. The molecule has 19 heavy (non-hydrogen) atoms. The van der Waals surface area contributed by atoms with Gasteiger partial charge in [0.05, 0.1) is 12.6 Å². The zero-order chi connectivity index (χ0) is 13.7. The minimum Gasteiger partial charge on any atom is -0.376 e. The lowest BCUT2D eigenvalue weighted by molar-refractivity contribution is 0.116. The van der Waals surface area contributed by atoms with Gasteiger partial charge in [0.25, 0.3) is 0 Å². The van der Waals surface area contributed by atoms with Crippen LogP contribution in [0.3, 0.4) is 0 Å². The van der Waals surface area contributed by atoms with Crippen molar-refractivity contribution in [3.05, 3.63) is 30.3 Å². The Hall–Kier alpha value is -1.55. The molecule has 1 fully saturated rings. The molecule has 1 N–H and O–H groups in total. The molecule has 1 aromatic rings. The molecule has 1 unspecified atom stereocenters. The first-order valence-electron chi connectivity index (χ1n) is 6.91. The van der Waals surface area contributed by atoms with Gasteiger partial charge in [0.2, 0.25) is 0 Å². The van der Waals surface area contributed by atoms with E-state index < -0.39 is 0 Å². The fraction of sp³-hybridized carbons (Fsp3) is 0.533. The predicted octanol–water partition coefficient (Wildman–Crippen LogP) is 2.79. The number of anilines is 1. The highest BCUT2D eigenvalue weighted by Crippen LogP contribution is 2.19. The molecule has 1 saturated heterocycles. The van der Waals surface area contributed by atoms with Crippen LogP contribution in [-0.2, 0) is 4.74 Å². The summed E-state index contributed by atoms with van der Waals surface area (Å²) in [5, 5.41) is 2.95. The number of nitrogens with one attached hydrogen (secondary N) is 1. The minimum atomic E-state index is -0.0586. The maximum absolute atomic E-state index is 12.3. The number of nitrogens with zero attached hydrogens (tertiary/aromatic N) is 1. The van der Waals surface area contributed by atoms with Gasteiger partial charge in [-0.05, 0) is 38.8 Å². The van der Waals surface area contributed by atoms with E-state index in [0.717, 1.165) is 25.1 Å². The molecule has 4 nitrogen and oxygen atoms in total. The van der Waals surface area contributed by atoms with Gasteiger partial charge in [0.1, 0.15) is 0 Å². The molecule has 0 radical (unpaired) electrons. The van der Waals surface area contributed by atoms with Crippen LogP contribution in [0, 0.1) is 0 Å². The van der Waals surface area contributed by atoms with Crippen LogP contribution >= 0.6 is 0 Å². The van der Waals surface area contributed by atoms with Crippen LogP contribution in [0.4, 0.5) is 10.5 Å². The fourth-order valence-corrected chi connectivity index (χ4v) is 2.23. The summed E-state index contributed by atoms with van der Waals surface area (Å²) in [7, 11) is 0. The molecule has 0 aliphatic carbocycles. The maximum atomic E-state index is 12.3. The summed E-state index contributed by atoms with van der Waals surface area (Å²) in [6.45, 7) is 5.35. The zero-order valence-corrected chi connectivity index (χ0v) is 11.6. The van der Waals surface area contributed by atoms with Gasteiger partial charge in [-0.2, -0.15) is 0 Å². The second kappa shape index (κ2) is 6.57. The maximum Gasteiger partial charge on any atom is 0.322 e. The van der Waals surface area contributed by atoms with Gasteiger partial charge < -0.3 is 10.1 Å². The predicted molar refractivity (Wildman–Crippen MR) is 76.4 cm³/mol. The lowest BCUT2D eigenvalue weighted by Crippen LogP contribution is -2.46. The van der Waals surface area contributed by atoms with E-state index in [1.54, 1.807) is 4.90 Å². The van der Waals surface area contributed by atoms with Crippen molar-refractivity contribution >= 4 is 11.7 Å². The normalized spacial score (nSPS) is 18.6. The van der Waals surface area contributed by atoms with Gasteiger partial charge in [0, 0.05) is 18.3 Å². The van der Waals surface area contributed by atoms with Crippen molar-refractivity contribution in [3.63, 3.8) is 0 Å². The molecule has 0 bridgehead atoms. The van der Waals surface area contributed by atoms with Crippen molar-refractivity contribution in [2.45, 2.75) is 38.8 Å². The Morgan fingerprint density at radius 1 is 1.42 bits per heavy atom. The summed E-state index contributed by atoms with van der Waals surface area (Å²) < 4.78 is 5.64. The van der Waals surface area contributed by atoms with E-state index in [-0.39, 0.29) is 18.2 Å². The number of para-hydroxylation sites is 1. The lowest BCUT2D eigenvalue weighted by atomic mass is 10.2. The van der Waals surface area contributed by atoms with Crippen LogP contribution < -0.4 is 10.2 Å². The molecule has 0 aromatic heterocycles.